The molecule has 0 spiro atoms. The molecule has 0 bridgehead atoms. The largest absolute Gasteiger partial charge is 0.416 e. The summed E-state index contributed by atoms with van der Waals surface area (Å²) >= 11 is 0. The van der Waals surface area contributed by atoms with E-state index in [-0.39, 0.29) is 4.90 Å². The molecule has 112 valence electrons. The molecule has 1 heterocycles. The first-order valence-corrected chi connectivity index (χ1v) is 7.30. The second kappa shape index (κ2) is 5.68. The molecule has 1 saturated heterocycles. The molecule has 0 saturated carbocycles. The van der Waals surface area contributed by atoms with Crippen LogP contribution in [0.15, 0.2) is 29.2 Å². The second-order valence-corrected chi connectivity index (χ2v) is 5.88. The van der Waals surface area contributed by atoms with Gasteiger partial charge in [0.05, 0.1) is 23.7 Å². The zero-order valence-electron chi connectivity index (χ0n) is 10.4. The van der Waals surface area contributed by atoms with Crippen LogP contribution in [0.4, 0.5) is 13.2 Å². The lowest BCUT2D eigenvalue weighted by atomic mass is 10.2. The van der Waals surface area contributed by atoms with Gasteiger partial charge in [-0.2, -0.15) is 13.2 Å². The summed E-state index contributed by atoms with van der Waals surface area (Å²) in [5.74, 6) is 0. The quantitative estimate of drug-likeness (QED) is 0.912. The topological polar surface area (TPSA) is 58.6 Å². The third kappa shape index (κ3) is 3.69. The SMILES string of the molecule is O=S(=O)(NN1CCOCC1)c1ccc(C(F)(F)F)cc1. The van der Waals surface area contributed by atoms with Gasteiger partial charge in [-0.15, -0.1) is 4.83 Å². The van der Waals surface area contributed by atoms with Gasteiger partial charge in [0.2, 0.25) is 0 Å². The number of morpholine rings is 1. The molecule has 1 fully saturated rings. The van der Waals surface area contributed by atoms with Gasteiger partial charge >= 0.3 is 6.18 Å². The Kier molecular flexibility index (Phi) is 4.33. The summed E-state index contributed by atoms with van der Waals surface area (Å²) < 4.78 is 66.2. The molecule has 5 nitrogen and oxygen atoms in total. The van der Waals surface area contributed by atoms with Crippen LogP contribution in [0.2, 0.25) is 0 Å². The lowest BCUT2D eigenvalue weighted by Crippen LogP contribution is -2.48. The zero-order chi connectivity index (χ0) is 14.8. The molecule has 0 atom stereocenters. The lowest BCUT2D eigenvalue weighted by molar-refractivity contribution is -0.137. The first kappa shape index (κ1) is 15.2. The van der Waals surface area contributed by atoms with E-state index in [1.807, 2.05) is 0 Å². The van der Waals surface area contributed by atoms with Crippen LogP contribution in [0.1, 0.15) is 5.56 Å². The molecule has 2 rings (SSSR count). The van der Waals surface area contributed by atoms with E-state index >= 15 is 0 Å². The third-order valence-corrected chi connectivity index (χ3v) is 4.14. The maximum atomic E-state index is 12.4. The summed E-state index contributed by atoms with van der Waals surface area (Å²) in [4.78, 5) is 2.10. The van der Waals surface area contributed by atoms with Crippen LogP contribution in [0.25, 0.3) is 0 Å². The number of nitrogens with zero attached hydrogens (tertiary/aromatic N) is 1. The number of hydrogen-bond donors (Lipinski definition) is 1. The second-order valence-electron chi connectivity index (χ2n) is 4.22. The monoisotopic (exact) mass is 310 g/mol. The van der Waals surface area contributed by atoms with Gasteiger partial charge in [-0.05, 0) is 24.3 Å². The summed E-state index contributed by atoms with van der Waals surface area (Å²) in [6.45, 7) is 1.57. The minimum atomic E-state index is -4.49. The number of hydrogen-bond acceptors (Lipinski definition) is 4. The maximum Gasteiger partial charge on any atom is 0.416 e. The van der Waals surface area contributed by atoms with Crippen molar-refractivity contribution in [2.45, 2.75) is 11.1 Å². The summed E-state index contributed by atoms with van der Waals surface area (Å²) in [7, 11) is -3.87. The fraction of sp³-hybridized carbons (Fsp3) is 0.455. The van der Waals surface area contributed by atoms with Crippen LogP contribution < -0.4 is 4.83 Å². The van der Waals surface area contributed by atoms with E-state index < -0.39 is 21.8 Å². The van der Waals surface area contributed by atoms with Crippen LogP contribution in [0, 0.1) is 0 Å². The van der Waals surface area contributed by atoms with Crippen LogP contribution in [0.3, 0.4) is 0 Å². The third-order valence-electron chi connectivity index (χ3n) is 2.75. The van der Waals surface area contributed by atoms with Gasteiger partial charge in [0.15, 0.2) is 0 Å². The normalized spacial score (nSPS) is 18.1. The Morgan fingerprint density at radius 2 is 1.65 bits per heavy atom. The van der Waals surface area contributed by atoms with Crippen molar-refractivity contribution in [2.75, 3.05) is 26.3 Å². The highest BCUT2D eigenvalue weighted by molar-refractivity contribution is 7.89. The molecule has 0 unspecified atom stereocenters. The van der Waals surface area contributed by atoms with Gasteiger partial charge in [0.1, 0.15) is 0 Å². The van der Waals surface area contributed by atoms with Crippen molar-refractivity contribution in [2.24, 2.45) is 0 Å². The average Bonchev–Trinajstić information content (AvgIpc) is 2.38. The Morgan fingerprint density at radius 1 is 1.10 bits per heavy atom. The molecule has 9 heteroatoms. The number of hydrazine groups is 1. The molecule has 1 aliphatic rings. The molecular formula is C11H13F3N2O3S. The molecule has 1 aliphatic heterocycles. The Labute approximate surface area is 114 Å². The Morgan fingerprint density at radius 3 is 2.15 bits per heavy atom. The number of nitrogens with one attached hydrogen (secondary N) is 1. The van der Waals surface area contributed by atoms with Crippen molar-refractivity contribution in [3.8, 4) is 0 Å². The molecule has 20 heavy (non-hydrogen) atoms. The predicted molar refractivity (Wildman–Crippen MR) is 64.2 cm³/mol. The number of sulfonamides is 1. The Balaban J connectivity index is 2.13. The zero-order valence-corrected chi connectivity index (χ0v) is 11.2. The van der Waals surface area contributed by atoms with E-state index in [1.165, 1.54) is 5.01 Å². The van der Waals surface area contributed by atoms with E-state index in [4.69, 9.17) is 4.74 Å². The van der Waals surface area contributed by atoms with Crippen molar-refractivity contribution in [1.29, 1.82) is 0 Å². The number of alkyl halides is 3. The van der Waals surface area contributed by atoms with Crippen LogP contribution in [-0.4, -0.2) is 39.7 Å². The standard InChI is InChI=1S/C11H13F3N2O3S/c12-11(13,14)9-1-3-10(4-2-9)20(17,18)15-16-5-7-19-8-6-16/h1-4,15H,5-8H2. The van der Waals surface area contributed by atoms with Crippen LogP contribution >= 0.6 is 0 Å². The predicted octanol–water partition coefficient (Wildman–Crippen LogP) is 1.23. The molecule has 0 amide bonds. The average molecular weight is 310 g/mol. The van der Waals surface area contributed by atoms with Crippen LogP contribution in [-0.2, 0) is 20.9 Å². The van der Waals surface area contributed by atoms with Crippen molar-refractivity contribution >= 4 is 10.0 Å². The number of halogens is 3. The van der Waals surface area contributed by atoms with Gasteiger partial charge in [0, 0.05) is 13.1 Å². The molecule has 0 aromatic heterocycles. The molecule has 0 aliphatic carbocycles. The summed E-state index contributed by atoms with van der Waals surface area (Å²) in [5.41, 5.74) is -0.886. The smallest absolute Gasteiger partial charge is 0.379 e. The maximum absolute atomic E-state index is 12.4. The van der Waals surface area contributed by atoms with Gasteiger partial charge in [-0.25, -0.2) is 13.4 Å². The first-order valence-electron chi connectivity index (χ1n) is 5.81. The van der Waals surface area contributed by atoms with Gasteiger partial charge < -0.3 is 4.74 Å². The van der Waals surface area contributed by atoms with Crippen molar-refractivity contribution in [1.82, 2.24) is 9.84 Å². The van der Waals surface area contributed by atoms with E-state index in [1.54, 1.807) is 0 Å². The minimum absolute atomic E-state index is 0.211. The molecule has 0 radical (unpaired) electrons. The van der Waals surface area contributed by atoms with Gasteiger partial charge in [-0.1, -0.05) is 0 Å². The Bertz CT molecular complexity index is 551. The van der Waals surface area contributed by atoms with Gasteiger partial charge in [-0.3, -0.25) is 0 Å². The van der Waals surface area contributed by atoms with E-state index in [0.29, 0.717) is 26.3 Å². The minimum Gasteiger partial charge on any atom is -0.379 e. The summed E-state index contributed by atoms with van der Waals surface area (Å²) in [5, 5.41) is 1.45. The highest BCUT2D eigenvalue weighted by atomic mass is 32.2. The molecule has 1 N–H and O–H groups in total. The first-order chi connectivity index (χ1) is 9.29. The fourth-order valence-electron chi connectivity index (χ4n) is 1.70. The number of benzene rings is 1. The van der Waals surface area contributed by atoms with Crippen LogP contribution in [0.5, 0.6) is 0 Å². The fourth-order valence-corrected chi connectivity index (χ4v) is 2.82. The Hall–Kier alpha value is -1.16. The van der Waals surface area contributed by atoms with Crippen molar-refractivity contribution in [3.05, 3.63) is 29.8 Å². The lowest BCUT2D eigenvalue weighted by Gasteiger charge is -2.26. The summed E-state index contributed by atoms with van der Waals surface area (Å²) in [6.07, 6.45) is -4.49. The molecule has 1 aromatic rings. The summed E-state index contributed by atoms with van der Waals surface area (Å²) in [6, 6.07) is 3.36. The van der Waals surface area contributed by atoms with Crippen molar-refractivity contribution in [3.63, 3.8) is 0 Å². The molecular weight excluding hydrogens is 297 g/mol. The highest BCUT2D eigenvalue weighted by Gasteiger charge is 2.30. The number of ether oxygens (including phenoxy) is 1. The van der Waals surface area contributed by atoms with E-state index in [9.17, 15) is 21.6 Å². The molecule has 1 aromatic carbocycles. The van der Waals surface area contributed by atoms with E-state index in [0.717, 1.165) is 24.3 Å². The van der Waals surface area contributed by atoms with E-state index in [2.05, 4.69) is 4.83 Å². The highest BCUT2D eigenvalue weighted by Crippen LogP contribution is 2.29. The van der Waals surface area contributed by atoms with Crippen molar-refractivity contribution < 1.29 is 26.3 Å². The van der Waals surface area contributed by atoms with Gasteiger partial charge in [0.25, 0.3) is 10.0 Å². The number of rotatable bonds is 3.